The van der Waals surface area contributed by atoms with E-state index in [0.717, 1.165) is 217 Å². The maximum absolute atomic E-state index is 12.0. The highest BCUT2D eigenvalue weighted by molar-refractivity contribution is 7.88. The zero-order valence-electron chi connectivity index (χ0n) is 81.2. The van der Waals surface area contributed by atoms with Gasteiger partial charge in [0.15, 0.2) is 23.3 Å². The Morgan fingerprint density at radius 1 is 0.379 bits per heavy atom. The van der Waals surface area contributed by atoms with E-state index in [0.29, 0.717) is 109 Å². The first-order chi connectivity index (χ1) is 70.8. The minimum atomic E-state index is -3.15. The number of fused-ring (bicyclic) bond motifs is 4. The van der Waals surface area contributed by atoms with Gasteiger partial charge in [0, 0.05) is 262 Å². The van der Waals surface area contributed by atoms with Gasteiger partial charge in [0.2, 0.25) is 33.8 Å². The highest BCUT2D eigenvalue weighted by Gasteiger charge is 2.34. The Kier molecular flexibility index (Phi) is 31.0. The number of rotatable bonds is 27. The number of aromatic nitrogens is 21. The van der Waals surface area contributed by atoms with E-state index in [1.807, 2.05) is 104 Å². The van der Waals surface area contributed by atoms with Crippen LogP contribution in [0, 0.1) is 0 Å². The quantitative estimate of drug-likeness (QED) is 0.0229. The number of ether oxygens (including phenoxy) is 3. The van der Waals surface area contributed by atoms with Crippen molar-refractivity contribution < 1.29 is 41.8 Å². The van der Waals surface area contributed by atoms with Crippen LogP contribution in [0.1, 0.15) is 76.2 Å². The minimum absolute atomic E-state index is 0.271. The van der Waals surface area contributed by atoms with Crippen LogP contribution < -0.4 is 31.9 Å². The van der Waals surface area contributed by atoms with Crippen LogP contribution >= 0.6 is 0 Å². The van der Waals surface area contributed by atoms with Crippen molar-refractivity contribution in [2.24, 2.45) is 0 Å². The first-order valence-corrected chi connectivity index (χ1v) is 50.7. The molecule has 0 spiro atoms. The summed E-state index contributed by atoms with van der Waals surface area (Å²) in [6.07, 6.45) is 28.6. The molecule has 4 aromatic carbocycles. The average molecular weight is 1980 g/mol. The topological polar surface area (TPSA) is 499 Å². The molecule has 0 atom stereocenters. The number of pyridine rings is 3. The molecular formula is C101H114N34O9S. The van der Waals surface area contributed by atoms with Crippen molar-refractivity contribution >= 4 is 102 Å². The maximum Gasteiger partial charge on any atom is 0.413 e. The van der Waals surface area contributed by atoms with Crippen LogP contribution in [0.2, 0.25) is 0 Å². The highest BCUT2D eigenvalue weighted by atomic mass is 32.2. The van der Waals surface area contributed by atoms with E-state index in [4.69, 9.17) is 24.2 Å². The summed E-state index contributed by atoms with van der Waals surface area (Å²) in [5, 5.41) is 16.1. The first kappa shape index (κ1) is 98.2. The molecule has 4 saturated heterocycles. The molecule has 12 aromatic heterocycles. The second-order valence-electron chi connectivity index (χ2n) is 35.7. The van der Waals surface area contributed by atoms with Gasteiger partial charge in [-0.05, 0) is 161 Å². The van der Waals surface area contributed by atoms with Crippen molar-refractivity contribution in [2.75, 3.05) is 159 Å². The Hall–Kier alpha value is -15.6. The summed E-state index contributed by atoms with van der Waals surface area (Å²) < 4.78 is 42.3. The molecule has 145 heavy (non-hydrogen) atoms. The maximum atomic E-state index is 12.0. The van der Waals surface area contributed by atoms with Gasteiger partial charge in [0.25, 0.3) is 0 Å². The summed E-state index contributed by atoms with van der Waals surface area (Å²) in [6.45, 7) is 26.6. The highest BCUT2D eigenvalue weighted by Crippen LogP contribution is 2.39. The van der Waals surface area contributed by atoms with Crippen molar-refractivity contribution in [3.8, 4) is 84.6 Å². The smallest absolute Gasteiger partial charge is 0.413 e. The van der Waals surface area contributed by atoms with Crippen LogP contribution in [0.25, 0.3) is 129 Å². The van der Waals surface area contributed by atoms with Gasteiger partial charge >= 0.3 is 24.2 Å². The van der Waals surface area contributed by atoms with Crippen molar-refractivity contribution in [3.05, 3.63) is 213 Å². The number of amides is 6. The number of carbonyl (C=O) groups is 4. The molecule has 0 bridgehead atoms. The summed E-state index contributed by atoms with van der Waals surface area (Å²) in [6, 6.07) is 36.4. The molecule has 16 aromatic rings. The van der Waals surface area contributed by atoms with Crippen LogP contribution in [0.15, 0.2) is 190 Å². The lowest BCUT2D eigenvalue weighted by molar-refractivity contribution is 0.0337. The summed E-state index contributed by atoms with van der Waals surface area (Å²) in [7, 11) is -3.15. The molecule has 6 amide bonds. The summed E-state index contributed by atoms with van der Waals surface area (Å²) in [5.41, 5.74) is 19.2. The molecule has 22 rings (SSSR count). The van der Waals surface area contributed by atoms with E-state index in [9.17, 15) is 27.6 Å². The van der Waals surface area contributed by atoms with Gasteiger partial charge in [-0.3, -0.25) is 65.6 Å². The fourth-order valence-electron chi connectivity index (χ4n) is 17.9. The zero-order chi connectivity index (χ0) is 99.7. The SMILES string of the molecule is CCNC(=O)Nc1nc2c(-c3ncccn3)cc(-c3ccc(CN4CCN(C5CC5)CC4)nc3)cc2[nH]1.CCNC(=O)Nc1nc2c(-c3ncccn3)cc(-c3ccc(CN4CCN(S(C)(=O)=O)CC4)nc3)cc2[nH]1.CCOC(=O)Nc1nc2c(-c3ncccn3)cc(-c3ccc(CN4CCN(C5CC5)CC4)nc3)cc2[nH]1.CCOC(=O)Nc1nc2c(-c3ncccn3)cc(-n3cnc(CN4CCOCC4)c3)cc2[nH]1. The van der Waals surface area contributed by atoms with Crippen molar-refractivity contribution in [1.82, 2.24) is 149 Å². The molecule has 6 fully saturated rings. The molecule has 6 aliphatic rings. The van der Waals surface area contributed by atoms with Gasteiger partial charge in [-0.2, -0.15) is 4.31 Å². The van der Waals surface area contributed by atoms with Crippen LogP contribution in [0.3, 0.4) is 0 Å². The number of anilines is 4. The molecule has 0 radical (unpaired) electrons. The lowest BCUT2D eigenvalue weighted by atomic mass is 10.0. The number of piperazine rings is 3. The van der Waals surface area contributed by atoms with Crippen molar-refractivity contribution in [3.63, 3.8) is 0 Å². The molecule has 16 heterocycles. The number of morpholine rings is 1. The number of carbonyl (C=O) groups excluding carboxylic acids is 4. The Morgan fingerprint density at radius 3 is 1.04 bits per heavy atom. The van der Waals surface area contributed by atoms with Gasteiger partial charge in [-0.25, -0.2) is 92.4 Å². The van der Waals surface area contributed by atoms with E-state index in [2.05, 4.69) is 175 Å². The fraction of sp³-hybridized carbons (Fsp3) is 0.347. The predicted molar refractivity (Wildman–Crippen MR) is 550 cm³/mol. The van der Waals surface area contributed by atoms with Crippen LogP contribution in [-0.2, 0) is 50.4 Å². The predicted octanol–water partition coefficient (Wildman–Crippen LogP) is 12.3. The van der Waals surface area contributed by atoms with Crippen LogP contribution in [0.5, 0.6) is 0 Å². The lowest BCUT2D eigenvalue weighted by Gasteiger charge is -2.34. The van der Waals surface area contributed by atoms with E-state index in [-0.39, 0.29) is 31.2 Å². The third-order valence-electron chi connectivity index (χ3n) is 25.5. The number of urea groups is 2. The van der Waals surface area contributed by atoms with Crippen LogP contribution in [0.4, 0.5) is 43.0 Å². The molecule has 43 nitrogen and oxygen atoms in total. The molecule has 44 heteroatoms. The number of hydrogen-bond acceptors (Lipinski definition) is 31. The van der Waals surface area contributed by atoms with Crippen molar-refractivity contribution in [1.29, 1.82) is 0 Å². The summed E-state index contributed by atoms with van der Waals surface area (Å²) in [4.78, 5) is 148. The standard InChI is InChI=1S/C27H31N9O.C27H30N8O2.C25H29N9O3S.C22H24N8O3/c1-2-28-27(37)34-26-32-23-15-19(14-22(24(23)33-26)25-29-8-3-9-30-25)18-4-5-20(31-16-18)17-35-10-12-36(13-11-35)21-6-7-21;1-2-37-27(36)33-26-31-23-15-19(14-22(24(23)32-26)25-28-8-3-9-29-25)18-4-5-20(30-16-18)17-34-10-12-35(13-11-34)21-6-7-21;1-3-26-25(35)32-24-30-21-14-18(13-20(22(21)31-24)23-27-7-4-8-28-23)17-5-6-19(29-15-17)16-33-9-11-34(12-10-33)38(2,36)37;1-2-33-22(31)28-21-26-18-11-16(10-17(19(18)27-21)20-23-4-3-5-24-20)30-13-15(25-14-30)12-29-6-8-32-9-7-29/h3-5,8-9,14-16,21H,2,6-7,10-13,17H2,1H3,(H3,28,32,33,34,37);3-5,8-9,14-16,21H,2,6-7,10-13,17H2,1H3,(H2,31,32,33,36);4-8,13-15H,3,9-12,16H2,1-2H3,(H3,26,30,31,32,35);3-5,10-11,13-14H,2,6-9,12H2,1H3,(H2,26,27,28,31). The number of hydrogen-bond donors (Lipinski definition) is 10. The van der Waals surface area contributed by atoms with E-state index in [1.54, 1.807) is 94.0 Å². The largest absolute Gasteiger partial charge is 0.450 e. The molecule has 748 valence electrons. The number of imidazole rings is 5. The Bertz CT molecular complexity index is 7040. The van der Waals surface area contributed by atoms with Gasteiger partial charge in [0.05, 0.1) is 83.9 Å². The van der Waals surface area contributed by atoms with Gasteiger partial charge in [0.1, 0.15) is 22.1 Å². The Labute approximate surface area is 835 Å². The van der Waals surface area contributed by atoms with E-state index < -0.39 is 22.2 Å². The van der Waals surface area contributed by atoms with Crippen molar-refractivity contribution in [2.45, 2.75) is 91.6 Å². The lowest BCUT2D eigenvalue weighted by Crippen LogP contribution is -2.47. The summed E-state index contributed by atoms with van der Waals surface area (Å²) in [5.74, 6) is 3.46. The average Bonchev–Trinajstić information content (AvgIpc) is 1.66. The number of benzene rings is 4. The Balaban J connectivity index is 0.000000122. The number of sulfonamides is 1. The summed E-state index contributed by atoms with van der Waals surface area (Å²) >= 11 is 0. The molecular weight excluding hydrogens is 1870 g/mol. The fourth-order valence-corrected chi connectivity index (χ4v) is 18.8. The Morgan fingerprint density at radius 2 is 0.710 bits per heavy atom. The minimum Gasteiger partial charge on any atom is -0.450 e. The number of H-pyrrole nitrogens is 4. The third kappa shape index (κ3) is 25.2. The second-order valence-corrected chi connectivity index (χ2v) is 37.7. The normalized spacial score (nSPS) is 15.7. The monoisotopic (exact) mass is 1980 g/mol. The van der Waals surface area contributed by atoms with Gasteiger partial charge in [-0.15, -0.1) is 0 Å². The molecule has 10 N–H and O–H groups in total. The second kappa shape index (κ2) is 45.8. The van der Waals surface area contributed by atoms with Gasteiger partial charge < -0.3 is 49.3 Å². The zero-order valence-corrected chi connectivity index (χ0v) is 82.0. The van der Waals surface area contributed by atoms with E-state index >= 15 is 0 Å². The first-order valence-electron chi connectivity index (χ1n) is 48.8. The van der Waals surface area contributed by atoms with Gasteiger partial charge in [-0.1, -0.05) is 18.2 Å². The number of nitrogens with one attached hydrogen (secondary N) is 10. The molecule has 0 unspecified atom stereocenters. The third-order valence-corrected chi connectivity index (χ3v) is 26.8. The number of nitrogens with zero attached hydrogens (tertiary/aromatic N) is 24. The number of aromatic amines is 4. The molecule has 4 aliphatic heterocycles. The molecule has 2 saturated carbocycles. The van der Waals surface area contributed by atoms with E-state index in [1.165, 1.54) is 36.2 Å². The molecule has 2 aliphatic carbocycles. The van der Waals surface area contributed by atoms with Crippen LogP contribution in [-0.4, -0.2) is 320 Å².